The molecule has 3 fully saturated rings. The summed E-state index contributed by atoms with van der Waals surface area (Å²) in [6.45, 7) is 3.00. The van der Waals surface area contributed by atoms with Gasteiger partial charge in [0, 0.05) is 31.4 Å². The lowest BCUT2D eigenvalue weighted by Gasteiger charge is -2.24. The number of halogens is 2. The van der Waals surface area contributed by atoms with Crippen LogP contribution in [0.4, 0.5) is 14.5 Å². The fourth-order valence-corrected chi connectivity index (χ4v) is 4.97. The molecule has 3 heterocycles. The Labute approximate surface area is 188 Å². The van der Waals surface area contributed by atoms with Gasteiger partial charge in [0.2, 0.25) is 5.43 Å². The maximum atomic E-state index is 15.9. The van der Waals surface area contributed by atoms with Gasteiger partial charge in [-0.1, -0.05) is 0 Å². The van der Waals surface area contributed by atoms with Crippen LogP contribution in [-0.2, 0) is 9.53 Å². The van der Waals surface area contributed by atoms with E-state index in [1.165, 1.54) is 10.8 Å². The van der Waals surface area contributed by atoms with E-state index >= 15 is 8.78 Å². The minimum absolute atomic E-state index is 0.0554. The van der Waals surface area contributed by atoms with Crippen LogP contribution in [0, 0.1) is 17.6 Å². The first kappa shape index (κ1) is 22.0. The summed E-state index contributed by atoms with van der Waals surface area (Å²) in [6.07, 6.45) is 3.06. The molecule has 2 N–H and O–H groups in total. The first-order chi connectivity index (χ1) is 15.8. The summed E-state index contributed by atoms with van der Waals surface area (Å²) >= 11 is 0. The van der Waals surface area contributed by atoms with Gasteiger partial charge in [0.05, 0.1) is 10.9 Å². The monoisotopic (exact) mass is 461 g/mol. The van der Waals surface area contributed by atoms with Crippen LogP contribution >= 0.6 is 0 Å². The third kappa shape index (κ3) is 3.80. The number of aliphatic hydroxyl groups excluding tert-OH is 1. The molecule has 0 radical (unpaired) electrons. The summed E-state index contributed by atoms with van der Waals surface area (Å²) in [5.74, 6) is -3.87. The van der Waals surface area contributed by atoms with Crippen molar-refractivity contribution in [3.8, 4) is 0 Å². The van der Waals surface area contributed by atoms with Gasteiger partial charge in [-0.3, -0.25) is 4.79 Å². The zero-order chi connectivity index (χ0) is 23.4. The lowest BCUT2D eigenvalue weighted by molar-refractivity contribution is -0.146. The number of anilines is 1. The fourth-order valence-electron chi connectivity index (χ4n) is 4.97. The molecule has 3 aliphatic rings. The fraction of sp³-hybridized carbons (Fsp3) is 0.522. The smallest absolute Gasteiger partial charge is 0.351 e. The van der Waals surface area contributed by atoms with Gasteiger partial charge >= 0.3 is 11.9 Å². The van der Waals surface area contributed by atoms with E-state index < -0.39 is 40.7 Å². The summed E-state index contributed by atoms with van der Waals surface area (Å²) in [7, 11) is 0. The van der Waals surface area contributed by atoms with Gasteiger partial charge in [-0.15, -0.1) is 0 Å². The van der Waals surface area contributed by atoms with Gasteiger partial charge in [0.1, 0.15) is 23.2 Å². The number of fused-ring (bicyclic) bond motifs is 2. The molecule has 2 aromatic rings. The summed E-state index contributed by atoms with van der Waals surface area (Å²) < 4.78 is 37.1. The summed E-state index contributed by atoms with van der Waals surface area (Å²) in [5, 5.41) is 12.4. The van der Waals surface area contributed by atoms with Crippen LogP contribution < -0.4 is 15.6 Å². The van der Waals surface area contributed by atoms with Gasteiger partial charge < -0.3 is 24.6 Å². The zero-order valence-corrected chi connectivity index (χ0v) is 18.1. The van der Waals surface area contributed by atoms with E-state index in [9.17, 15) is 19.5 Å². The highest BCUT2D eigenvalue weighted by Crippen LogP contribution is 2.40. The number of nitrogens with one attached hydrogen (secondary N) is 1. The quantitative estimate of drug-likeness (QED) is 0.530. The second-order valence-electron chi connectivity index (χ2n) is 9.18. The summed E-state index contributed by atoms with van der Waals surface area (Å²) in [4.78, 5) is 38.8. The molecule has 2 aliphatic heterocycles. The number of aromatic nitrogens is 1. The van der Waals surface area contributed by atoms with Gasteiger partial charge in [0.25, 0.3) is 0 Å². The Morgan fingerprint density at radius 1 is 1.24 bits per heavy atom. The second-order valence-corrected chi connectivity index (χ2v) is 9.18. The summed E-state index contributed by atoms with van der Waals surface area (Å²) in [5.41, 5.74) is -1.65. The number of ether oxygens (including phenoxy) is 1. The minimum atomic E-state index is -1.56. The van der Waals surface area contributed by atoms with Crippen molar-refractivity contribution in [3.63, 3.8) is 0 Å². The lowest BCUT2D eigenvalue weighted by atomic mass is 9.94. The molecular weight excluding hydrogens is 436 g/mol. The molecule has 1 aliphatic carbocycles. The molecular formula is C23H25F2N3O5. The third-order valence-electron chi connectivity index (χ3n) is 6.79. The molecule has 1 saturated carbocycles. The number of hydrogen-bond acceptors (Lipinski definition) is 7. The second kappa shape index (κ2) is 8.18. The van der Waals surface area contributed by atoms with Crippen molar-refractivity contribution in [2.45, 2.75) is 50.8 Å². The first-order valence-corrected chi connectivity index (χ1v) is 11.3. The lowest BCUT2D eigenvalue weighted by Crippen LogP contribution is -2.40. The molecule has 3 unspecified atom stereocenters. The molecule has 10 heteroatoms. The Hall–Kier alpha value is -2.85. The van der Waals surface area contributed by atoms with Crippen molar-refractivity contribution < 1.29 is 28.2 Å². The number of aliphatic hydroxyl groups is 1. The average molecular weight is 461 g/mol. The highest BCUT2D eigenvalue weighted by Gasteiger charge is 2.38. The Morgan fingerprint density at radius 2 is 2.00 bits per heavy atom. The van der Waals surface area contributed by atoms with Crippen LogP contribution in [0.1, 0.15) is 49.0 Å². The van der Waals surface area contributed by atoms with Crippen LogP contribution in [0.3, 0.4) is 0 Å². The molecule has 0 spiro atoms. The molecule has 3 atom stereocenters. The van der Waals surface area contributed by atoms with Crippen molar-refractivity contribution >= 4 is 28.5 Å². The van der Waals surface area contributed by atoms with Crippen molar-refractivity contribution in [1.82, 2.24) is 9.88 Å². The molecule has 176 valence electrons. The average Bonchev–Trinajstić information content (AvgIpc) is 3.52. The van der Waals surface area contributed by atoms with E-state index in [2.05, 4.69) is 10.1 Å². The van der Waals surface area contributed by atoms with Gasteiger partial charge in [-0.05, 0) is 51.1 Å². The van der Waals surface area contributed by atoms with Crippen LogP contribution in [0.2, 0.25) is 0 Å². The third-order valence-corrected chi connectivity index (χ3v) is 6.79. The number of carbonyl (C=O) groups excluding carboxylic acids is 2. The van der Waals surface area contributed by atoms with E-state index in [1.807, 2.05) is 0 Å². The maximum absolute atomic E-state index is 15.9. The number of esters is 2. The SMILES string of the molecule is CC(O)C(=O)OC(=O)c1cn(C2CC2)c2c(F)c(N3CC4CCCNC4C3)c(F)cc2c1=O. The molecule has 33 heavy (non-hydrogen) atoms. The van der Waals surface area contributed by atoms with Crippen LogP contribution in [0.15, 0.2) is 17.1 Å². The number of benzene rings is 1. The van der Waals surface area contributed by atoms with Crippen molar-refractivity contribution in [1.29, 1.82) is 0 Å². The number of nitrogens with zero attached hydrogens (tertiary/aromatic N) is 2. The molecule has 0 bridgehead atoms. The van der Waals surface area contributed by atoms with Crippen molar-refractivity contribution in [2.24, 2.45) is 5.92 Å². The summed E-state index contributed by atoms with van der Waals surface area (Å²) in [6, 6.07) is 0.989. The van der Waals surface area contributed by atoms with Gasteiger partial charge in [-0.2, -0.15) is 0 Å². The Bertz CT molecular complexity index is 1190. The van der Waals surface area contributed by atoms with Gasteiger partial charge in [0.15, 0.2) is 5.82 Å². The zero-order valence-electron chi connectivity index (χ0n) is 18.1. The normalized spacial score (nSPS) is 23.5. The van der Waals surface area contributed by atoms with Crippen molar-refractivity contribution in [2.75, 3.05) is 24.5 Å². The van der Waals surface area contributed by atoms with Crippen molar-refractivity contribution in [3.05, 3.63) is 39.7 Å². The maximum Gasteiger partial charge on any atom is 0.351 e. The molecule has 1 aromatic heterocycles. The van der Waals surface area contributed by atoms with E-state index in [1.54, 1.807) is 4.90 Å². The minimum Gasteiger partial charge on any atom is -0.387 e. The number of carbonyl (C=O) groups is 2. The molecule has 8 nitrogen and oxygen atoms in total. The van der Waals surface area contributed by atoms with Crippen LogP contribution in [0.5, 0.6) is 0 Å². The topological polar surface area (TPSA) is 101 Å². The van der Waals surface area contributed by atoms with E-state index in [-0.39, 0.29) is 28.7 Å². The largest absolute Gasteiger partial charge is 0.387 e. The molecule has 5 rings (SSSR count). The highest BCUT2D eigenvalue weighted by atomic mass is 19.1. The van der Waals surface area contributed by atoms with E-state index in [4.69, 9.17) is 0 Å². The Kier molecular flexibility index (Phi) is 5.44. The number of hydrogen-bond donors (Lipinski definition) is 2. The standard InChI is InChI=1S/C23H25F2N3O5/c1-11(29)22(31)33-23(32)15-9-28(13-4-5-13)19-14(21(15)30)7-16(24)20(18(19)25)27-8-12-3-2-6-26-17(12)10-27/h7,9,11-13,17,26,29H,2-6,8,10H2,1H3. The first-order valence-electron chi connectivity index (χ1n) is 11.3. The van der Waals surface area contributed by atoms with E-state index in [0.717, 1.165) is 32.4 Å². The molecule has 1 aromatic carbocycles. The van der Waals surface area contributed by atoms with Crippen LogP contribution in [-0.4, -0.2) is 53.4 Å². The van der Waals surface area contributed by atoms with Gasteiger partial charge in [-0.25, -0.2) is 18.4 Å². The van der Waals surface area contributed by atoms with E-state index in [0.29, 0.717) is 31.8 Å². The highest BCUT2D eigenvalue weighted by molar-refractivity contribution is 6.00. The molecule has 2 saturated heterocycles. The predicted octanol–water partition coefficient (Wildman–Crippen LogP) is 1.87. The Morgan fingerprint density at radius 3 is 2.67 bits per heavy atom. The number of piperidine rings is 1. The number of pyridine rings is 1. The molecule has 0 amide bonds. The Balaban J connectivity index is 1.61. The number of rotatable bonds is 4. The predicted molar refractivity (Wildman–Crippen MR) is 115 cm³/mol. The van der Waals surface area contributed by atoms with Crippen LogP contribution in [0.25, 0.3) is 10.9 Å².